The van der Waals surface area contributed by atoms with Crippen LogP contribution in [0, 0.1) is 0 Å². The first-order valence-electron chi connectivity index (χ1n) is 7.32. The van der Waals surface area contributed by atoms with Crippen molar-refractivity contribution >= 4 is 17.6 Å². The van der Waals surface area contributed by atoms with Gasteiger partial charge in [0, 0.05) is 31.2 Å². The van der Waals surface area contributed by atoms with Gasteiger partial charge in [-0.1, -0.05) is 12.1 Å². The zero-order chi connectivity index (χ0) is 15.4. The van der Waals surface area contributed by atoms with Crippen molar-refractivity contribution in [3.8, 4) is 0 Å². The molecule has 5 heteroatoms. The van der Waals surface area contributed by atoms with E-state index in [1.165, 1.54) is 0 Å². The standard InChI is InChI=1S/C16H22N2O3/c1-12(2)17-9-10-18(15(19)11-17)14-6-3-13(4-7-14)5-8-16(20)21/h3-4,6-7,12H,5,8-11H2,1-2H3,(H,20,21). The Bertz CT molecular complexity index is 511. The van der Waals surface area contributed by atoms with Crippen LogP contribution in [0.5, 0.6) is 0 Å². The molecule has 2 rings (SSSR count). The lowest BCUT2D eigenvalue weighted by Gasteiger charge is -2.36. The number of carboxylic acid groups (broad SMARTS) is 1. The average Bonchev–Trinajstić information content (AvgIpc) is 2.45. The highest BCUT2D eigenvalue weighted by Crippen LogP contribution is 2.19. The van der Waals surface area contributed by atoms with Gasteiger partial charge in [-0.2, -0.15) is 0 Å². The lowest BCUT2D eigenvalue weighted by atomic mass is 10.1. The summed E-state index contributed by atoms with van der Waals surface area (Å²) in [6.07, 6.45) is 0.649. The normalized spacial score (nSPS) is 16.5. The Kier molecular flexibility index (Phi) is 4.96. The molecule has 1 aromatic carbocycles. The van der Waals surface area contributed by atoms with E-state index in [-0.39, 0.29) is 12.3 Å². The minimum Gasteiger partial charge on any atom is -0.481 e. The Hall–Kier alpha value is -1.88. The van der Waals surface area contributed by atoms with Crippen LogP contribution in [0.25, 0.3) is 0 Å². The van der Waals surface area contributed by atoms with Crippen LogP contribution >= 0.6 is 0 Å². The number of aliphatic carboxylic acids is 1. The second kappa shape index (κ2) is 6.72. The molecule has 1 amide bonds. The molecule has 5 nitrogen and oxygen atoms in total. The fraction of sp³-hybridized carbons (Fsp3) is 0.500. The van der Waals surface area contributed by atoms with Crippen LogP contribution in [0.4, 0.5) is 5.69 Å². The van der Waals surface area contributed by atoms with E-state index in [4.69, 9.17) is 5.11 Å². The van der Waals surface area contributed by atoms with Crippen molar-refractivity contribution in [3.63, 3.8) is 0 Å². The summed E-state index contributed by atoms with van der Waals surface area (Å²) >= 11 is 0. The van der Waals surface area contributed by atoms with Gasteiger partial charge < -0.3 is 10.0 Å². The number of nitrogens with zero attached hydrogens (tertiary/aromatic N) is 2. The first-order chi connectivity index (χ1) is 9.97. The van der Waals surface area contributed by atoms with E-state index in [1.54, 1.807) is 4.90 Å². The third kappa shape index (κ3) is 4.04. The second-order valence-electron chi connectivity index (χ2n) is 5.67. The number of carbonyl (C=O) groups excluding carboxylic acids is 1. The zero-order valence-electron chi connectivity index (χ0n) is 12.6. The molecule has 1 aliphatic rings. The molecular formula is C16H22N2O3. The minimum absolute atomic E-state index is 0.119. The monoisotopic (exact) mass is 290 g/mol. The van der Waals surface area contributed by atoms with Crippen molar-refractivity contribution in [2.24, 2.45) is 0 Å². The predicted octanol–water partition coefficient (Wildman–Crippen LogP) is 1.76. The highest BCUT2D eigenvalue weighted by atomic mass is 16.4. The van der Waals surface area contributed by atoms with Gasteiger partial charge in [-0.25, -0.2) is 0 Å². The van der Waals surface area contributed by atoms with E-state index >= 15 is 0 Å². The maximum atomic E-state index is 12.2. The van der Waals surface area contributed by atoms with Gasteiger partial charge in [0.1, 0.15) is 0 Å². The maximum Gasteiger partial charge on any atom is 0.303 e. The maximum absolute atomic E-state index is 12.2. The molecular weight excluding hydrogens is 268 g/mol. The Morgan fingerprint density at radius 2 is 1.90 bits per heavy atom. The Labute approximate surface area is 125 Å². The summed E-state index contributed by atoms with van der Waals surface area (Å²) in [5.41, 5.74) is 1.87. The van der Waals surface area contributed by atoms with E-state index in [0.717, 1.165) is 17.8 Å². The molecule has 114 valence electrons. The molecule has 21 heavy (non-hydrogen) atoms. The topological polar surface area (TPSA) is 60.9 Å². The van der Waals surface area contributed by atoms with Gasteiger partial charge in [-0.3, -0.25) is 14.5 Å². The number of carbonyl (C=O) groups is 2. The molecule has 1 heterocycles. The first kappa shape index (κ1) is 15.5. The summed E-state index contributed by atoms with van der Waals surface area (Å²) in [6, 6.07) is 8.00. The number of hydrogen-bond acceptors (Lipinski definition) is 3. The SMILES string of the molecule is CC(C)N1CCN(c2ccc(CCC(=O)O)cc2)C(=O)C1. The Morgan fingerprint density at radius 1 is 1.24 bits per heavy atom. The third-order valence-corrected chi connectivity index (χ3v) is 3.86. The van der Waals surface area contributed by atoms with E-state index < -0.39 is 5.97 Å². The van der Waals surface area contributed by atoms with Gasteiger partial charge in [-0.05, 0) is 38.0 Å². The lowest BCUT2D eigenvalue weighted by Crippen LogP contribution is -2.52. The van der Waals surface area contributed by atoms with Crippen molar-refractivity contribution in [3.05, 3.63) is 29.8 Å². The molecule has 0 aliphatic carbocycles. The van der Waals surface area contributed by atoms with Gasteiger partial charge >= 0.3 is 5.97 Å². The van der Waals surface area contributed by atoms with Gasteiger partial charge in [-0.15, -0.1) is 0 Å². The first-order valence-corrected chi connectivity index (χ1v) is 7.32. The molecule has 0 atom stereocenters. The van der Waals surface area contributed by atoms with Crippen LogP contribution in [0.2, 0.25) is 0 Å². The minimum atomic E-state index is -0.793. The average molecular weight is 290 g/mol. The molecule has 0 bridgehead atoms. The van der Waals surface area contributed by atoms with Crippen molar-refractivity contribution in [1.29, 1.82) is 0 Å². The fourth-order valence-electron chi connectivity index (χ4n) is 2.50. The van der Waals surface area contributed by atoms with Crippen LogP contribution in [0.3, 0.4) is 0 Å². The van der Waals surface area contributed by atoms with Crippen LogP contribution < -0.4 is 4.90 Å². The number of piperazine rings is 1. The van der Waals surface area contributed by atoms with E-state index in [0.29, 0.717) is 25.6 Å². The zero-order valence-corrected chi connectivity index (χ0v) is 12.6. The van der Waals surface area contributed by atoms with Crippen molar-refractivity contribution in [2.45, 2.75) is 32.7 Å². The highest BCUT2D eigenvalue weighted by molar-refractivity contribution is 5.95. The number of rotatable bonds is 5. The van der Waals surface area contributed by atoms with E-state index in [2.05, 4.69) is 18.7 Å². The smallest absolute Gasteiger partial charge is 0.303 e. The van der Waals surface area contributed by atoms with Crippen molar-refractivity contribution in [2.75, 3.05) is 24.5 Å². The highest BCUT2D eigenvalue weighted by Gasteiger charge is 2.26. The second-order valence-corrected chi connectivity index (χ2v) is 5.67. The third-order valence-electron chi connectivity index (χ3n) is 3.86. The molecule has 0 unspecified atom stereocenters. The summed E-state index contributed by atoms with van der Waals surface area (Å²) in [4.78, 5) is 26.7. The molecule has 0 radical (unpaired) electrons. The fourth-order valence-corrected chi connectivity index (χ4v) is 2.50. The predicted molar refractivity (Wildman–Crippen MR) is 81.5 cm³/mol. The van der Waals surface area contributed by atoms with Crippen molar-refractivity contribution in [1.82, 2.24) is 4.90 Å². The summed E-state index contributed by atoms with van der Waals surface area (Å²) in [6.45, 7) is 6.23. The largest absolute Gasteiger partial charge is 0.481 e. The number of aryl methyl sites for hydroxylation is 1. The molecule has 1 aliphatic heterocycles. The number of hydrogen-bond donors (Lipinski definition) is 1. The lowest BCUT2D eigenvalue weighted by molar-refractivity contribution is -0.137. The Balaban J connectivity index is 1.99. The van der Waals surface area contributed by atoms with Crippen LogP contribution in [0.1, 0.15) is 25.8 Å². The van der Waals surface area contributed by atoms with Gasteiger partial charge in [0.05, 0.1) is 6.54 Å². The van der Waals surface area contributed by atoms with Gasteiger partial charge in [0.15, 0.2) is 0 Å². The molecule has 1 fully saturated rings. The van der Waals surface area contributed by atoms with Gasteiger partial charge in [0.2, 0.25) is 5.91 Å². The van der Waals surface area contributed by atoms with E-state index in [1.807, 2.05) is 24.3 Å². The van der Waals surface area contributed by atoms with Crippen LogP contribution in [0.15, 0.2) is 24.3 Å². The van der Waals surface area contributed by atoms with Crippen LogP contribution in [-0.4, -0.2) is 47.6 Å². The number of amides is 1. The summed E-state index contributed by atoms with van der Waals surface area (Å²) < 4.78 is 0. The Morgan fingerprint density at radius 3 is 2.43 bits per heavy atom. The number of carboxylic acids is 1. The van der Waals surface area contributed by atoms with E-state index in [9.17, 15) is 9.59 Å². The van der Waals surface area contributed by atoms with Crippen LogP contribution in [-0.2, 0) is 16.0 Å². The summed E-state index contributed by atoms with van der Waals surface area (Å²) in [7, 11) is 0. The number of benzene rings is 1. The van der Waals surface area contributed by atoms with Crippen molar-refractivity contribution < 1.29 is 14.7 Å². The molecule has 1 N–H and O–H groups in total. The quantitative estimate of drug-likeness (QED) is 0.897. The molecule has 1 aromatic rings. The summed E-state index contributed by atoms with van der Waals surface area (Å²) in [5, 5.41) is 8.68. The molecule has 0 aromatic heterocycles. The summed E-state index contributed by atoms with van der Waals surface area (Å²) in [5.74, 6) is -0.674. The number of anilines is 1. The van der Waals surface area contributed by atoms with Gasteiger partial charge in [0.25, 0.3) is 0 Å². The molecule has 0 spiro atoms. The molecule has 0 saturated carbocycles. The molecule has 1 saturated heterocycles.